The molecule has 82 valence electrons. The maximum atomic E-state index is 11.8. The van der Waals surface area contributed by atoms with Crippen molar-refractivity contribution in [2.24, 2.45) is 0 Å². The molecule has 0 radical (unpaired) electrons. The zero-order valence-electron chi connectivity index (χ0n) is 8.40. The van der Waals surface area contributed by atoms with E-state index in [9.17, 15) is 4.79 Å². The Labute approximate surface area is 105 Å². The summed E-state index contributed by atoms with van der Waals surface area (Å²) in [7, 11) is 0. The highest BCUT2D eigenvalue weighted by atomic mass is 79.9. The van der Waals surface area contributed by atoms with Gasteiger partial charge in [-0.3, -0.25) is 10.1 Å². The summed E-state index contributed by atoms with van der Waals surface area (Å²) in [5.41, 5.74) is 3.25. The van der Waals surface area contributed by atoms with Crippen LogP contribution in [0.5, 0.6) is 0 Å². The van der Waals surface area contributed by atoms with E-state index in [1.807, 2.05) is 13.0 Å². The number of amides is 1. The van der Waals surface area contributed by atoms with Crippen molar-refractivity contribution in [2.45, 2.75) is 6.92 Å². The number of aromatic nitrogens is 2. The standard InChI is InChI=1S/C10H8BrN3OS/c1-6-2-3-7(4-8(6)11)9(15)13-10-14-12-5-16-10/h2-5H,1H3,(H,13,14,15). The van der Waals surface area contributed by atoms with E-state index in [0.29, 0.717) is 10.7 Å². The van der Waals surface area contributed by atoms with Crippen molar-refractivity contribution < 1.29 is 4.79 Å². The van der Waals surface area contributed by atoms with Crippen LogP contribution in [0.1, 0.15) is 15.9 Å². The van der Waals surface area contributed by atoms with Crippen molar-refractivity contribution in [3.8, 4) is 0 Å². The van der Waals surface area contributed by atoms with E-state index in [0.717, 1.165) is 10.0 Å². The Morgan fingerprint density at radius 3 is 2.94 bits per heavy atom. The molecule has 1 amide bonds. The fourth-order valence-corrected chi connectivity index (χ4v) is 1.95. The van der Waals surface area contributed by atoms with Crippen molar-refractivity contribution >= 4 is 38.3 Å². The van der Waals surface area contributed by atoms with E-state index in [4.69, 9.17) is 0 Å². The van der Waals surface area contributed by atoms with Crippen LogP contribution in [0.15, 0.2) is 28.2 Å². The topological polar surface area (TPSA) is 54.9 Å². The molecule has 16 heavy (non-hydrogen) atoms. The predicted octanol–water partition coefficient (Wildman–Crippen LogP) is 2.86. The predicted molar refractivity (Wildman–Crippen MR) is 66.7 cm³/mol. The van der Waals surface area contributed by atoms with Crippen LogP contribution < -0.4 is 5.32 Å². The molecule has 0 spiro atoms. The molecule has 2 aromatic rings. The summed E-state index contributed by atoms with van der Waals surface area (Å²) in [5, 5.41) is 10.6. The Morgan fingerprint density at radius 1 is 1.50 bits per heavy atom. The number of halogens is 1. The van der Waals surface area contributed by atoms with E-state index < -0.39 is 0 Å². The molecule has 1 aromatic heterocycles. The third-order valence-electron chi connectivity index (χ3n) is 2.01. The SMILES string of the molecule is Cc1ccc(C(=O)Nc2nncs2)cc1Br. The number of nitrogens with zero attached hydrogens (tertiary/aromatic N) is 2. The van der Waals surface area contributed by atoms with Gasteiger partial charge in [0.25, 0.3) is 5.91 Å². The van der Waals surface area contributed by atoms with Crippen LogP contribution in [0.25, 0.3) is 0 Å². The Balaban J connectivity index is 2.18. The van der Waals surface area contributed by atoms with Gasteiger partial charge in [-0.05, 0) is 24.6 Å². The average Bonchev–Trinajstić information content (AvgIpc) is 2.74. The van der Waals surface area contributed by atoms with Gasteiger partial charge in [-0.1, -0.05) is 33.3 Å². The molecular weight excluding hydrogens is 290 g/mol. The average molecular weight is 298 g/mol. The second-order valence-corrected chi connectivity index (χ2v) is 4.85. The minimum atomic E-state index is -0.183. The molecule has 1 aromatic carbocycles. The zero-order chi connectivity index (χ0) is 11.5. The molecule has 1 N–H and O–H groups in total. The number of rotatable bonds is 2. The van der Waals surface area contributed by atoms with Crippen LogP contribution in [0.2, 0.25) is 0 Å². The number of nitrogens with one attached hydrogen (secondary N) is 1. The van der Waals surface area contributed by atoms with Gasteiger partial charge in [-0.2, -0.15) is 0 Å². The first-order valence-electron chi connectivity index (χ1n) is 4.50. The monoisotopic (exact) mass is 297 g/mol. The van der Waals surface area contributed by atoms with Crippen molar-refractivity contribution in [3.05, 3.63) is 39.3 Å². The maximum absolute atomic E-state index is 11.8. The van der Waals surface area contributed by atoms with Gasteiger partial charge in [0, 0.05) is 10.0 Å². The third kappa shape index (κ3) is 2.45. The van der Waals surface area contributed by atoms with Gasteiger partial charge in [0.2, 0.25) is 5.13 Å². The van der Waals surface area contributed by atoms with Gasteiger partial charge < -0.3 is 0 Å². The molecule has 0 aliphatic heterocycles. The lowest BCUT2D eigenvalue weighted by molar-refractivity contribution is 0.102. The van der Waals surface area contributed by atoms with Gasteiger partial charge in [-0.15, -0.1) is 10.2 Å². The lowest BCUT2D eigenvalue weighted by Gasteiger charge is -2.03. The number of anilines is 1. The summed E-state index contributed by atoms with van der Waals surface area (Å²) >= 11 is 4.67. The molecule has 0 unspecified atom stereocenters. The molecule has 0 aliphatic carbocycles. The van der Waals surface area contributed by atoms with Crippen molar-refractivity contribution in [3.63, 3.8) is 0 Å². The number of hydrogen-bond donors (Lipinski definition) is 1. The van der Waals surface area contributed by atoms with Crippen molar-refractivity contribution in [2.75, 3.05) is 5.32 Å². The van der Waals surface area contributed by atoms with E-state index >= 15 is 0 Å². The smallest absolute Gasteiger partial charge is 0.257 e. The number of carbonyl (C=O) groups excluding carboxylic acids is 1. The molecule has 6 heteroatoms. The van der Waals surface area contributed by atoms with Crippen LogP contribution in [0, 0.1) is 6.92 Å². The second kappa shape index (κ2) is 4.71. The highest BCUT2D eigenvalue weighted by Gasteiger charge is 2.08. The second-order valence-electron chi connectivity index (χ2n) is 3.16. The van der Waals surface area contributed by atoms with Crippen LogP contribution in [-0.2, 0) is 0 Å². The molecule has 0 saturated heterocycles. The van der Waals surface area contributed by atoms with Gasteiger partial charge in [-0.25, -0.2) is 0 Å². The van der Waals surface area contributed by atoms with Gasteiger partial charge in [0.05, 0.1) is 0 Å². The number of aryl methyl sites for hydroxylation is 1. The first-order valence-corrected chi connectivity index (χ1v) is 6.18. The highest BCUT2D eigenvalue weighted by Crippen LogP contribution is 2.18. The first-order chi connectivity index (χ1) is 7.66. The highest BCUT2D eigenvalue weighted by molar-refractivity contribution is 9.10. The summed E-state index contributed by atoms with van der Waals surface area (Å²) in [6.45, 7) is 1.97. The molecule has 4 nitrogen and oxygen atoms in total. The minimum Gasteiger partial charge on any atom is -0.296 e. The van der Waals surface area contributed by atoms with Crippen LogP contribution in [0.3, 0.4) is 0 Å². The summed E-state index contributed by atoms with van der Waals surface area (Å²) < 4.78 is 0.914. The van der Waals surface area contributed by atoms with E-state index in [1.165, 1.54) is 11.3 Å². The maximum Gasteiger partial charge on any atom is 0.257 e. The molecular formula is C10H8BrN3OS. The number of hydrogen-bond acceptors (Lipinski definition) is 4. The Bertz CT molecular complexity index is 513. The lowest BCUT2D eigenvalue weighted by atomic mass is 10.1. The Kier molecular flexibility index (Phi) is 3.31. The number of carbonyl (C=O) groups is 1. The van der Waals surface area contributed by atoms with Crippen LogP contribution in [0.4, 0.5) is 5.13 Å². The molecule has 1 heterocycles. The Hall–Kier alpha value is -1.27. The summed E-state index contributed by atoms with van der Waals surface area (Å²) in [5.74, 6) is -0.183. The van der Waals surface area contributed by atoms with Crippen molar-refractivity contribution in [1.29, 1.82) is 0 Å². The van der Waals surface area contributed by atoms with Gasteiger partial charge in [0.1, 0.15) is 5.51 Å². The van der Waals surface area contributed by atoms with E-state index in [-0.39, 0.29) is 5.91 Å². The lowest BCUT2D eigenvalue weighted by Crippen LogP contribution is -2.11. The third-order valence-corrected chi connectivity index (χ3v) is 3.48. The zero-order valence-corrected chi connectivity index (χ0v) is 10.8. The summed E-state index contributed by atoms with van der Waals surface area (Å²) in [6.07, 6.45) is 0. The van der Waals surface area contributed by atoms with Crippen LogP contribution >= 0.6 is 27.3 Å². The van der Waals surface area contributed by atoms with E-state index in [2.05, 4.69) is 31.4 Å². The normalized spacial score (nSPS) is 10.1. The largest absolute Gasteiger partial charge is 0.296 e. The fourth-order valence-electron chi connectivity index (χ4n) is 1.13. The summed E-state index contributed by atoms with van der Waals surface area (Å²) in [6, 6.07) is 5.45. The minimum absolute atomic E-state index is 0.183. The molecule has 0 fully saturated rings. The van der Waals surface area contributed by atoms with E-state index in [1.54, 1.807) is 17.6 Å². The quantitative estimate of drug-likeness (QED) is 0.927. The Morgan fingerprint density at radius 2 is 2.31 bits per heavy atom. The molecule has 0 bridgehead atoms. The fraction of sp³-hybridized carbons (Fsp3) is 0.100. The molecule has 0 atom stereocenters. The first kappa shape index (κ1) is 11.2. The van der Waals surface area contributed by atoms with Crippen molar-refractivity contribution in [1.82, 2.24) is 10.2 Å². The van der Waals surface area contributed by atoms with Gasteiger partial charge in [0.15, 0.2) is 0 Å². The summed E-state index contributed by atoms with van der Waals surface area (Å²) in [4.78, 5) is 11.8. The molecule has 0 saturated carbocycles. The number of benzene rings is 1. The molecule has 2 rings (SSSR count). The van der Waals surface area contributed by atoms with Crippen LogP contribution in [-0.4, -0.2) is 16.1 Å². The van der Waals surface area contributed by atoms with Gasteiger partial charge >= 0.3 is 0 Å². The molecule has 0 aliphatic rings.